The molecular weight excluding hydrogens is 409 g/mol. The van der Waals surface area contributed by atoms with Crippen molar-refractivity contribution in [2.45, 2.75) is 33.4 Å². The average molecular weight is 435 g/mol. The molecule has 0 radical (unpaired) electrons. The van der Waals surface area contributed by atoms with E-state index >= 15 is 0 Å². The number of ether oxygens (including phenoxy) is 1. The molecule has 0 aliphatic rings. The molecule has 6 heteroatoms. The average Bonchev–Trinajstić information content (AvgIpc) is 2.75. The number of nitrogens with zero attached hydrogens (tertiary/aromatic N) is 1. The highest BCUT2D eigenvalue weighted by atomic mass is 19.1. The Morgan fingerprint density at radius 2 is 1.75 bits per heavy atom. The summed E-state index contributed by atoms with van der Waals surface area (Å²) in [5, 5.41) is 9.07. The largest absolute Gasteiger partial charge is 0.481 e. The van der Waals surface area contributed by atoms with Gasteiger partial charge in [-0.25, -0.2) is 9.18 Å². The summed E-state index contributed by atoms with van der Waals surface area (Å²) in [5.74, 6) is -1.52. The Morgan fingerprint density at radius 1 is 1.00 bits per heavy atom. The minimum atomic E-state index is -1.02. The van der Waals surface area contributed by atoms with Gasteiger partial charge >= 0.3 is 12.1 Å². The van der Waals surface area contributed by atoms with E-state index in [-0.39, 0.29) is 19.6 Å². The molecule has 0 saturated carbocycles. The zero-order valence-electron chi connectivity index (χ0n) is 18.2. The minimum absolute atomic E-state index is 0.180. The molecule has 0 unspecified atom stereocenters. The van der Waals surface area contributed by atoms with Crippen molar-refractivity contribution in [2.75, 3.05) is 6.54 Å². The van der Waals surface area contributed by atoms with E-state index in [1.165, 1.54) is 12.1 Å². The number of amides is 1. The van der Waals surface area contributed by atoms with E-state index in [1.807, 2.05) is 62.4 Å². The first-order valence-corrected chi connectivity index (χ1v) is 10.4. The van der Waals surface area contributed by atoms with E-state index in [0.717, 1.165) is 22.3 Å². The fourth-order valence-corrected chi connectivity index (χ4v) is 3.54. The molecule has 3 aromatic rings. The third kappa shape index (κ3) is 6.17. The monoisotopic (exact) mass is 435 g/mol. The Labute approximate surface area is 187 Å². The highest BCUT2D eigenvalue weighted by molar-refractivity contribution is 5.74. The van der Waals surface area contributed by atoms with Crippen molar-refractivity contribution in [3.05, 3.63) is 94.8 Å². The van der Waals surface area contributed by atoms with E-state index in [2.05, 4.69) is 0 Å². The fraction of sp³-hybridized carbons (Fsp3) is 0.231. The molecule has 0 spiro atoms. The van der Waals surface area contributed by atoms with Crippen LogP contribution in [0.3, 0.4) is 0 Å². The van der Waals surface area contributed by atoms with Crippen molar-refractivity contribution < 1.29 is 23.8 Å². The lowest BCUT2D eigenvalue weighted by Gasteiger charge is -2.22. The number of rotatable bonds is 8. The van der Waals surface area contributed by atoms with Gasteiger partial charge in [0.1, 0.15) is 12.4 Å². The second-order valence-electron chi connectivity index (χ2n) is 7.63. The van der Waals surface area contributed by atoms with Crippen LogP contribution in [0.4, 0.5) is 9.18 Å². The summed E-state index contributed by atoms with van der Waals surface area (Å²) in [7, 11) is 0. The van der Waals surface area contributed by atoms with Gasteiger partial charge in [0.15, 0.2) is 0 Å². The lowest BCUT2D eigenvalue weighted by molar-refractivity contribution is -0.136. The maximum Gasteiger partial charge on any atom is 0.410 e. The van der Waals surface area contributed by atoms with Gasteiger partial charge in [-0.1, -0.05) is 60.2 Å². The molecule has 3 aromatic carbocycles. The maximum atomic E-state index is 14.2. The summed E-state index contributed by atoms with van der Waals surface area (Å²) in [5.41, 5.74) is 4.43. The lowest BCUT2D eigenvalue weighted by atomic mass is 9.95. The highest BCUT2D eigenvalue weighted by Crippen LogP contribution is 2.28. The summed E-state index contributed by atoms with van der Waals surface area (Å²) in [6, 6.07) is 19.5. The van der Waals surface area contributed by atoms with Crippen molar-refractivity contribution in [2.24, 2.45) is 0 Å². The molecule has 3 rings (SSSR count). The number of hydrogen-bond donors (Lipinski definition) is 1. The SMILES string of the molecule is CCN(Cc1cc(C)ccc1-c1cc(F)cc(CC(=O)O)c1)C(=O)OCc1ccccc1. The first kappa shape index (κ1) is 23.0. The van der Waals surface area contributed by atoms with Crippen molar-refractivity contribution in [3.8, 4) is 11.1 Å². The molecule has 5 nitrogen and oxygen atoms in total. The first-order chi connectivity index (χ1) is 15.4. The Morgan fingerprint density at radius 3 is 2.44 bits per heavy atom. The number of hydrogen-bond acceptors (Lipinski definition) is 3. The van der Waals surface area contributed by atoms with Crippen LogP contribution in [0.2, 0.25) is 0 Å². The summed E-state index contributed by atoms with van der Waals surface area (Å²) in [6.07, 6.45) is -0.701. The van der Waals surface area contributed by atoms with Gasteiger partial charge in [0.2, 0.25) is 0 Å². The number of benzene rings is 3. The highest BCUT2D eigenvalue weighted by Gasteiger charge is 2.17. The first-order valence-electron chi connectivity index (χ1n) is 10.4. The van der Waals surface area contributed by atoms with Gasteiger partial charge < -0.3 is 14.7 Å². The standard InChI is InChI=1S/C26H26FNO4/c1-3-28(26(31)32-17-19-7-5-4-6-8-19)16-22-11-18(2)9-10-24(22)21-12-20(14-25(29)30)13-23(27)15-21/h4-13,15H,3,14,16-17H2,1-2H3,(H,29,30). The molecule has 0 aromatic heterocycles. The number of aliphatic carboxylic acids is 1. The van der Waals surface area contributed by atoms with Crippen molar-refractivity contribution in [3.63, 3.8) is 0 Å². The Balaban J connectivity index is 1.85. The van der Waals surface area contributed by atoms with Crippen LogP contribution in [0.25, 0.3) is 11.1 Å². The summed E-state index contributed by atoms with van der Waals surface area (Å²) >= 11 is 0. The van der Waals surface area contributed by atoms with Crippen molar-refractivity contribution in [1.82, 2.24) is 4.90 Å². The number of halogens is 1. The van der Waals surface area contributed by atoms with Gasteiger partial charge in [0, 0.05) is 13.1 Å². The van der Waals surface area contributed by atoms with Crippen LogP contribution in [0.5, 0.6) is 0 Å². The smallest absolute Gasteiger partial charge is 0.410 e. The van der Waals surface area contributed by atoms with Crippen LogP contribution in [-0.2, 0) is 29.1 Å². The normalized spacial score (nSPS) is 10.6. The maximum absolute atomic E-state index is 14.2. The van der Waals surface area contributed by atoms with Crippen molar-refractivity contribution in [1.29, 1.82) is 0 Å². The number of carboxylic acids is 1. The molecule has 1 amide bonds. The van der Waals surface area contributed by atoms with Gasteiger partial charge in [0.05, 0.1) is 6.42 Å². The van der Waals surface area contributed by atoms with Crippen LogP contribution in [0.15, 0.2) is 66.7 Å². The molecule has 0 aliphatic heterocycles. The molecule has 32 heavy (non-hydrogen) atoms. The topological polar surface area (TPSA) is 66.8 Å². The van der Waals surface area contributed by atoms with Gasteiger partial charge in [-0.3, -0.25) is 4.79 Å². The molecule has 1 N–H and O–H groups in total. The van der Waals surface area contributed by atoms with E-state index in [0.29, 0.717) is 17.7 Å². The van der Waals surface area contributed by atoms with Crippen LogP contribution in [0.1, 0.15) is 29.2 Å². The molecule has 0 atom stereocenters. The quantitative estimate of drug-likeness (QED) is 0.501. The van der Waals surface area contributed by atoms with E-state index < -0.39 is 17.9 Å². The summed E-state index contributed by atoms with van der Waals surface area (Å²) in [6.45, 7) is 4.71. The molecule has 0 heterocycles. The summed E-state index contributed by atoms with van der Waals surface area (Å²) < 4.78 is 19.7. The van der Waals surface area contributed by atoms with Crippen LogP contribution in [0, 0.1) is 12.7 Å². The van der Waals surface area contributed by atoms with Crippen molar-refractivity contribution >= 4 is 12.1 Å². The Bertz CT molecular complexity index is 1100. The second kappa shape index (κ2) is 10.6. The second-order valence-corrected chi connectivity index (χ2v) is 7.63. The molecule has 166 valence electrons. The number of carbonyl (C=O) groups is 2. The van der Waals surface area contributed by atoms with Crippen LogP contribution >= 0.6 is 0 Å². The Hall–Kier alpha value is -3.67. The third-order valence-corrected chi connectivity index (χ3v) is 5.09. The lowest BCUT2D eigenvalue weighted by Crippen LogP contribution is -2.31. The molecule has 0 saturated heterocycles. The number of carbonyl (C=O) groups excluding carboxylic acids is 1. The van der Waals surface area contributed by atoms with E-state index in [4.69, 9.17) is 9.84 Å². The Kier molecular flexibility index (Phi) is 7.60. The predicted molar refractivity (Wildman–Crippen MR) is 121 cm³/mol. The third-order valence-electron chi connectivity index (χ3n) is 5.09. The van der Waals surface area contributed by atoms with E-state index in [9.17, 15) is 14.0 Å². The van der Waals surface area contributed by atoms with Gasteiger partial charge in [0.25, 0.3) is 0 Å². The van der Waals surface area contributed by atoms with Gasteiger partial charge in [-0.2, -0.15) is 0 Å². The zero-order chi connectivity index (χ0) is 23.1. The molecule has 0 aliphatic carbocycles. The predicted octanol–water partition coefficient (Wildman–Crippen LogP) is 5.59. The van der Waals surface area contributed by atoms with E-state index in [1.54, 1.807) is 11.0 Å². The van der Waals surface area contributed by atoms with Crippen LogP contribution in [-0.4, -0.2) is 28.6 Å². The van der Waals surface area contributed by atoms with Crippen LogP contribution < -0.4 is 0 Å². The summed E-state index contributed by atoms with van der Waals surface area (Å²) in [4.78, 5) is 25.4. The molecule has 0 bridgehead atoms. The van der Waals surface area contributed by atoms with Gasteiger partial charge in [-0.15, -0.1) is 0 Å². The zero-order valence-corrected chi connectivity index (χ0v) is 18.2. The van der Waals surface area contributed by atoms with Gasteiger partial charge in [-0.05, 0) is 53.8 Å². The fourth-order valence-electron chi connectivity index (χ4n) is 3.54. The molecular formula is C26H26FNO4. The number of carboxylic acid groups (broad SMARTS) is 1. The number of aryl methyl sites for hydroxylation is 1. The minimum Gasteiger partial charge on any atom is -0.481 e. The molecule has 0 fully saturated rings.